The fourth-order valence-electron chi connectivity index (χ4n) is 1.79. The maximum Gasteiger partial charge on any atom is 0.0940 e. The third-order valence-corrected chi connectivity index (χ3v) is 4.61. The van der Waals surface area contributed by atoms with Crippen LogP contribution in [0.3, 0.4) is 0 Å². The largest absolute Gasteiger partial charge is 0.303 e. The van der Waals surface area contributed by atoms with E-state index in [2.05, 4.69) is 25.8 Å². The zero-order valence-electron chi connectivity index (χ0n) is 8.21. The van der Waals surface area contributed by atoms with Gasteiger partial charge in [-0.3, -0.25) is 0 Å². The van der Waals surface area contributed by atoms with Gasteiger partial charge in [-0.1, -0.05) is 15.9 Å². The molecule has 78 valence electrons. The molecule has 0 saturated carbocycles. The summed E-state index contributed by atoms with van der Waals surface area (Å²) in [5.41, 5.74) is 0. The number of likely N-dealkylation sites (tertiary alicyclic amines) is 1. The Hall–Kier alpha value is 0.0700. The van der Waals surface area contributed by atoms with Crippen LogP contribution in [0.5, 0.6) is 0 Å². The van der Waals surface area contributed by atoms with Crippen LogP contribution in [0.2, 0.25) is 0 Å². The summed E-state index contributed by atoms with van der Waals surface area (Å²) in [4.78, 5) is 8.28. The topological polar surface area (TPSA) is 16.1 Å². The highest BCUT2D eigenvalue weighted by molar-refractivity contribution is 9.08. The molecule has 2 heterocycles. The average Bonchev–Trinajstić information content (AvgIpc) is 2.86. The monoisotopic (exact) mass is 274 g/mol. The predicted molar refractivity (Wildman–Crippen MR) is 64.1 cm³/mol. The van der Waals surface area contributed by atoms with Crippen LogP contribution >= 0.6 is 27.3 Å². The summed E-state index contributed by atoms with van der Waals surface area (Å²) in [7, 11) is 0. The van der Waals surface area contributed by atoms with Crippen LogP contribution in [0.25, 0.3) is 0 Å². The number of nitrogens with zero attached hydrogens (tertiary/aromatic N) is 2. The smallest absolute Gasteiger partial charge is 0.0940 e. The molecule has 0 N–H and O–H groups in total. The quantitative estimate of drug-likeness (QED) is 0.785. The highest BCUT2D eigenvalue weighted by atomic mass is 79.9. The molecule has 1 aliphatic rings. The lowest BCUT2D eigenvalue weighted by Gasteiger charge is -2.12. The minimum Gasteiger partial charge on any atom is -0.303 e. The first kappa shape index (κ1) is 10.6. The molecule has 14 heavy (non-hydrogen) atoms. The summed E-state index contributed by atoms with van der Waals surface area (Å²) in [5.74, 6) is 0. The lowest BCUT2D eigenvalue weighted by Crippen LogP contribution is -2.21. The molecule has 1 aliphatic heterocycles. The van der Waals surface area contributed by atoms with Gasteiger partial charge in [0.15, 0.2) is 0 Å². The molecule has 2 nitrogen and oxygen atoms in total. The Balaban J connectivity index is 1.79. The molecule has 0 aliphatic carbocycles. The fraction of sp³-hybridized carbons (Fsp3) is 0.700. The van der Waals surface area contributed by atoms with E-state index in [4.69, 9.17) is 0 Å². The van der Waals surface area contributed by atoms with Crippen molar-refractivity contribution < 1.29 is 0 Å². The van der Waals surface area contributed by atoms with Crippen molar-refractivity contribution in [1.29, 1.82) is 0 Å². The summed E-state index contributed by atoms with van der Waals surface area (Å²) >= 11 is 5.28. The van der Waals surface area contributed by atoms with E-state index in [1.165, 1.54) is 42.4 Å². The van der Waals surface area contributed by atoms with E-state index in [0.717, 1.165) is 11.8 Å². The van der Waals surface area contributed by atoms with Gasteiger partial charge in [-0.25, -0.2) is 4.98 Å². The van der Waals surface area contributed by atoms with Gasteiger partial charge in [-0.15, -0.1) is 11.3 Å². The predicted octanol–water partition coefficient (Wildman–Crippen LogP) is 2.68. The number of alkyl halides is 1. The Bertz CT molecular complexity index is 281. The molecule has 1 saturated heterocycles. The van der Waals surface area contributed by atoms with Crippen molar-refractivity contribution in [3.63, 3.8) is 0 Å². The van der Waals surface area contributed by atoms with Crippen LogP contribution in [-0.2, 0) is 11.8 Å². The normalized spacial score (nSPS) is 17.8. The Labute approximate surface area is 97.5 Å². The molecular formula is C10H15BrN2S. The SMILES string of the molecule is BrCc1cnc(CCN2CCCC2)s1. The van der Waals surface area contributed by atoms with E-state index in [0.29, 0.717) is 0 Å². The lowest BCUT2D eigenvalue weighted by molar-refractivity contribution is 0.343. The second-order valence-electron chi connectivity index (χ2n) is 3.65. The molecule has 0 unspecified atom stereocenters. The molecule has 0 radical (unpaired) electrons. The second-order valence-corrected chi connectivity index (χ2v) is 5.41. The van der Waals surface area contributed by atoms with Crippen LogP contribution < -0.4 is 0 Å². The van der Waals surface area contributed by atoms with Crippen molar-refractivity contribution in [2.75, 3.05) is 19.6 Å². The summed E-state index contributed by atoms with van der Waals surface area (Å²) in [5, 5.41) is 2.22. The van der Waals surface area contributed by atoms with E-state index in [-0.39, 0.29) is 0 Å². The Morgan fingerprint density at radius 3 is 2.86 bits per heavy atom. The summed E-state index contributed by atoms with van der Waals surface area (Å²) in [6.45, 7) is 3.77. The summed E-state index contributed by atoms with van der Waals surface area (Å²) in [6, 6.07) is 0. The second kappa shape index (κ2) is 5.24. The molecule has 1 aromatic heterocycles. The number of hydrogen-bond donors (Lipinski definition) is 0. The van der Waals surface area contributed by atoms with Gasteiger partial charge in [-0.2, -0.15) is 0 Å². The highest BCUT2D eigenvalue weighted by Crippen LogP contribution is 2.17. The third kappa shape index (κ3) is 2.78. The van der Waals surface area contributed by atoms with Gasteiger partial charge in [0.1, 0.15) is 0 Å². The maximum atomic E-state index is 4.41. The van der Waals surface area contributed by atoms with Crippen molar-refractivity contribution in [2.45, 2.75) is 24.6 Å². The number of aromatic nitrogens is 1. The van der Waals surface area contributed by atoms with Crippen molar-refractivity contribution >= 4 is 27.3 Å². The molecule has 4 heteroatoms. The van der Waals surface area contributed by atoms with E-state index in [1.54, 1.807) is 0 Å². The fourth-order valence-corrected chi connectivity index (χ4v) is 3.03. The van der Waals surface area contributed by atoms with Gasteiger partial charge in [0.05, 0.1) is 5.01 Å². The van der Waals surface area contributed by atoms with E-state index >= 15 is 0 Å². The Morgan fingerprint density at radius 2 is 2.21 bits per heavy atom. The molecule has 1 fully saturated rings. The number of hydrogen-bond acceptors (Lipinski definition) is 3. The van der Waals surface area contributed by atoms with Crippen molar-refractivity contribution in [3.8, 4) is 0 Å². The van der Waals surface area contributed by atoms with Gasteiger partial charge in [0, 0.05) is 29.4 Å². The molecule has 2 rings (SSSR count). The van der Waals surface area contributed by atoms with Crippen molar-refractivity contribution in [2.24, 2.45) is 0 Å². The van der Waals surface area contributed by atoms with Crippen molar-refractivity contribution in [3.05, 3.63) is 16.1 Å². The van der Waals surface area contributed by atoms with Crippen molar-refractivity contribution in [1.82, 2.24) is 9.88 Å². The van der Waals surface area contributed by atoms with Gasteiger partial charge < -0.3 is 4.90 Å². The van der Waals surface area contributed by atoms with Crippen LogP contribution in [0.4, 0.5) is 0 Å². The van der Waals surface area contributed by atoms with E-state index in [9.17, 15) is 0 Å². The molecule has 0 bridgehead atoms. The molecular weight excluding hydrogens is 260 g/mol. The molecule has 0 spiro atoms. The molecule has 1 aromatic rings. The minimum absolute atomic E-state index is 0.939. The van der Waals surface area contributed by atoms with Gasteiger partial charge in [-0.05, 0) is 25.9 Å². The molecule has 0 atom stereocenters. The van der Waals surface area contributed by atoms with Crippen LogP contribution in [0.1, 0.15) is 22.7 Å². The third-order valence-electron chi connectivity index (χ3n) is 2.57. The maximum absolute atomic E-state index is 4.41. The number of thiazole rings is 1. The minimum atomic E-state index is 0.939. The standard InChI is InChI=1S/C10H15BrN2S/c11-7-9-8-12-10(14-9)3-6-13-4-1-2-5-13/h8H,1-7H2. The molecule has 0 aromatic carbocycles. The zero-order valence-corrected chi connectivity index (χ0v) is 10.6. The van der Waals surface area contributed by atoms with Gasteiger partial charge in [0.25, 0.3) is 0 Å². The number of rotatable bonds is 4. The van der Waals surface area contributed by atoms with Gasteiger partial charge >= 0.3 is 0 Å². The average molecular weight is 275 g/mol. The number of halogens is 1. The zero-order chi connectivity index (χ0) is 9.80. The first-order valence-electron chi connectivity index (χ1n) is 5.10. The van der Waals surface area contributed by atoms with Crippen LogP contribution in [0, 0.1) is 0 Å². The van der Waals surface area contributed by atoms with E-state index < -0.39 is 0 Å². The first-order valence-corrected chi connectivity index (χ1v) is 7.04. The van der Waals surface area contributed by atoms with Crippen LogP contribution in [-0.4, -0.2) is 29.5 Å². The summed E-state index contributed by atoms with van der Waals surface area (Å²) < 4.78 is 0. The lowest BCUT2D eigenvalue weighted by atomic mass is 10.4. The summed E-state index contributed by atoms with van der Waals surface area (Å²) in [6.07, 6.45) is 5.87. The first-order chi connectivity index (χ1) is 6.88. The van der Waals surface area contributed by atoms with Crippen LogP contribution in [0.15, 0.2) is 6.20 Å². The van der Waals surface area contributed by atoms with Gasteiger partial charge in [0.2, 0.25) is 0 Å². The Kier molecular flexibility index (Phi) is 3.96. The Morgan fingerprint density at radius 1 is 1.43 bits per heavy atom. The van der Waals surface area contributed by atoms with E-state index in [1.807, 2.05) is 17.5 Å². The molecule has 0 amide bonds. The highest BCUT2D eigenvalue weighted by Gasteiger charge is 2.11.